The van der Waals surface area contributed by atoms with E-state index in [-0.39, 0.29) is 5.41 Å². The van der Waals surface area contributed by atoms with Crippen molar-refractivity contribution >= 4 is 5.91 Å². The van der Waals surface area contributed by atoms with Crippen LogP contribution in [0.1, 0.15) is 63.0 Å². The third-order valence-electron chi connectivity index (χ3n) is 6.91. The van der Waals surface area contributed by atoms with Crippen LogP contribution in [0.15, 0.2) is 24.3 Å². The molecule has 1 saturated heterocycles. The van der Waals surface area contributed by atoms with Gasteiger partial charge in [-0.3, -0.25) is 4.79 Å². The zero-order valence-corrected chi connectivity index (χ0v) is 17.7. The van der Waals surface area contributed by atoms with Crippen molar-refractivity contribution in [1.29, 1.82) is 0 Å². The Hall–Kier alpha value is -1.35. The number of likely N-dealkylation sites (tertiary alicyclic amines) is 1. The molecule has 0 bridgehead atoms. The first-order valence-electron chi connectivity index (χ1n) is 11.0. The molecule has 3 nitrogen and oxygen atoms in total. The molecule has 1 atom stereocenters. The summed E-state index contributed by atoms with van der Waals surface area (Å²) < 4.78 is 0. The van der Waals surface area contributed by atoms with Gasteiger partial charge in [-0.05, 0) is 62.6 Å². The molecule has 0 unspecified atom stereocenters. The molecule has 3 heteroatoms. The van der Waals surface area contributed by atoms with Crippen molar-refractivity contribution in [3.05, 3.63) is 35.4 Å². The molecule has 2 aliphatic rings. The minimum absolute atomic E-state index is 0.105. The van der Waals surface area contributed by atoms with E-state index >= 15 is 0 Å². The molecule has 0 aromatic heterocycles. The summed E-state index contributed by atoms with van der Waals surface area (Å²) in [4.78, 5) is 17.7. The SMILES string of the molecule is Cc1ccccc1CCN1CCC[C@@H](CN(C)C(=O)C2(C)CCCCC2)C1. The van der Waals surface area contributed by atoms with Crippen molar-refractivity contribution in [3.8, 4) is 0 Å². The van der Waals surface area contributed by atoms with Crippen LogP contribution in [0.25, 0.3) is 0 Å². The van der Waals surface area contributed by atoms with Crippen LogP contribution in [0.2, 0.25) is 0 Å². The molecule has 1 aliphatic heterocycles. The van der Waals surface area contributed by atoms with E-state index in [1.807, 2.05) is 7.05 Å². The topological polar surface area (TPSA) is 23.6 Å². The number of carbonyl (C=O) groups is 1. The molecular weight excluding hydrogens is 332 g/mol. The molecule has 1 heterocycles. The summed E-state index contributed by atoms with van der Waals surface area (Å²) in [6.07, 6.45) is 9.52. The highest BCUT2D eigenvalue weighted by atomic mass is 16.2. The van der Waals surface area contributed by atoms with Crippen molar-refractivity contribution in [1.82, 2.24) is 9.80 Å². The van der Waals surface area contributed by atoms with E-state index < -0.39 is 0 Å². The minimum atomic E-state index is -0.105. The standard InChI is InChI=1S/C24H38N2O/c1-20-10-5-6-12-22(20)13-17-26-16-9-11-21(19-26)18-25(3)23(27)24(2)14-7-4-8-15-24/h5-6,10,12,21H,4,7-9,11,13-19H2,1-3H3/t21-/m0/s1. The molecule has 1 aromatic rings. The fourth-order valence-electron chi connectivity index (χ4n) is 5.15. The Balaban J connectivity index is 1.49. The fraction of sp³-hybridized carbons (Fsp3) is 0.708. The molecule has 2 fully saturated rings. The van der Waals surface area contributed by atoms with Gasteiger partial charge >= 0.3 is 0 Å². The number of carbonyl (C=O) groups excluding carboxylic acids is 1. The Labute approximate surface area is 166 Å². The number of hydrogen-bond acceptors (Lipinski definition) is 2. The summed E-state index contributed by atoms with van der Waals surface area (Å²) in [5.41, 5.74) is 2.76. The van der Waals surface area contributed by atoms with Crippen molar-refractivity contribution in [2.75, 3.05) is 33.2 Å². The second-order valence-corrected chi connectivity index (χ2v) is 9.29. The van der Waals surface area contributed by atoms with Gasteiger partial charge in [-0.25, -0.2) is 0 Å². The summed E-state index contributed by atoms with van der Waals surface area (Å²) >= 11 is 0. The van der Waals surface area contributed by atoms with Crippen molar-refractivity contribution < 1.29 is 4.79 Å². The van der Waals surface area contributed by atoms with Crippen LogP contribution in [0.5, 0.6) is 0 Å². The van der Waals surface area contributed by atoms with Crippen molar-refractivity contribution in [3.63, 3.8) is 0 Å². The quantitative estimate of drug-likeness (QED) is 0.726. The van der Waals surface area contributed by atoms with E-state index in [0.717, 1.165) is 38.9 Å². The van der Waals surface area contributed by atoms with Crippen molar-refractivity contribution in [2.24, 2.45) is 11.3 Å². The van der Waals surface area contributed by atoms with E-state index in [1.54, 1.807) is 0 Å². The fourth-order valence-corrected chi connectivity index (χ4v) is 5.15. The number of aryl methyl sites for hydroxylation is 1. The lowest BCUT2D eigenvalue weighted by molar-refractivity contribution is -0.142. The zero-order valence-electron chi connectivity index (χ0n) is 17.7. The van der Waals surface area contributed by atoms with Crippen molar-refractivity contribution in [2.45, 2.75) is 65.2 Å². The highest BCUT2D eigenvalue weighted by Gasteiger charge is 2.37. The van der Waals surface area contributed by atoms with Crippen LogP contribution < -0.4 is 0 Å². The van der Waals surface area contributed by atoms with Gasteiger partial charge in [0.2, 0.25) is 5.91 Å². The second kappa shape index (κ2) is 9.23. The van der Waals surface area contributed by atoms with Gasteiger partial charge in [0, 0.05) is 32.1 Å². The lowest BCUT2D eigenvalue weighted by Crippen LogP contribution is -2.46. The first-order valence-corrected chi connectivity index (χ1v) is 11.0. The Kier molecular flexibility index (Phi) is 6.97. The van der Waals surface area contributed by atoms with Gasteiger partial charge < -0.3 is 9.80 Å². The van der Waals surface area contributed by atoms with Gasteiger partial charge in [0.25, 0.3) is 0 Å². The number of hydrogen-bond donors (Lipinski definition) is 0. The summed E-state index contributed by atoms with van der Waals surface area (Å²) in [6.45, 7) is 8.81. The van der Waals surface area contributed by atoms with Gasteiger partial charge in [-0.15, -0.1) is 0 Å². The Morgan fingerprint density at radius 2 is 1.93 bits per heavy atom. The minimum Gasteiger partial charge on any atom is -0.345 e. The van der Waals surface area contributed by atoms with Gasteiger partial charge in [-0.1, -0.05) is 50.5 Å². The molecule has 1 aliphatic carbocycles. The van der Waals surface area contributed by atoms with Crippen LogP contribution in [-0.4, -0.2) is 48.9 Å². The molecule has 150 valence electrons. The molecule has 3 rings (SSSR count). The Morgan fingerprint density at radius 3 is 2.67 bits per heavy atom. The van der Waals surface area contributed by atoms with Crippen LogP contribution in [0.3, 0.4) is 0 Å². The lowest BCUT2D eigenvalue weighted by atomic mass is 9.74. The van der Waals surface area contributed by atoms with Gasteiger partial charge in [0.1, 0.15) is 0 Å². The van der Waals surface area contributed by atoms with E-state index in [1.165, 1.54) is 49.8 Å². The maximum absolute atomic E-state index is 13.0. The summed E-state index contributed by atoms with van der Waals surface area (Å²) in [5, 5.41) is 0. The number of benzene rings is 1. The molecule has 0 radical (unpaired) electrons. The Bertz CT molecular complexity index is 621. The summed E-state index contributed by atoms with van der Waals surface area (Å²) in [7, 11) is 2.04. The van der Waals surface area contributed by atoms with E-state index in [9.17, 15) is 4.79 Å². The average Bonchev–Trinajstić information content (AvgIpc) is 2.67. The number of amides is 1. The number of piperidine rings is 1. The molecule has 1 amide bonds. The van der Waals surface area contributed by atoms with Gasteiger partial charge in [0.05, 0.1) is 0 Å². The highest BCUT2D eigenvalue weighted by Crippen LogP contribution is 2.37. The third-order valence-corrected chi connectivity index (χ3v) is 6.91. The molecule has 0 spiro atoms. The van der Waals surface area contributed by atoms with Crippen LogP contribution in [0.4, 0.5) is 0 Å². The number of rotatable bonds is 6. The zero-order chi connectivity index (χ0) is 19.3. The predicted octanol–water partition coefficient (Wildman–Crippen LogP) is 4.68. The molecule has 27 heavy (non-hydrogen) atoms. The Morgan fingerprint density at radius 1 is 1.19 bits per heavy atom. The summed E-state index contributed by atoms with van der Waals surface area (Å²) in [5.74, 6) is 1.01. The normalized spacial score (nSPS) is 23.1. The first-order chi connectivity index (χ1) is 13.0. The highest BCUT2D eigenvalue weighted by molar-refractivity contribution is 5.82. The molecule has 1 saturated carbocycles. The average molecular weight is 371 g/mol. The molecule has 1 aromatic carbocycles. The third kappa shape index (κ3) is 5.34. The van der Waals surface area contributed by atoms with Crippen LogP contribution in [0, 0.1) is 18.3 Å². The lowest BCUT2D eigenvalue weighted by Gasteiger charge is -2.39. The van der Waals surface area contributed by atoms with Gasteiger partial charge in [-0.2, -0.15) is 0 Å². The smallest absolute Gasteiger partial charge is 0.228 e. The molecular formula is C24H38N2O. The van der Waals surface area contributed by atoms with Crippen LogP contribution >= 0.6 is 0 Å². The first kappa shape index (κ1) is 20.4. The predicted molar refractivity (Wildman–Crippen MR) is 113 cm³/mol. The monoisotopic (exact) mass is 370 g/mol. The maximum Gasteiger partial charge on any atom is 0.228 e. The number of nitrogens with zero attached hydrogens (tertiary/aromatic N) is 2. The van der Waals surface area contributed by atoms with E-state index in [2.05, 4.69) is 47.9 Å². The van der Waals surface area contributed by atoms with E-state index in [4.69, 9.17) is 0 Å². The summed E-state index contributed by atoms with van der Waals surface area (Å²) in [6, 6.07) is 8.73. The maximum atomic E-state index is 13.0. The van der Waals surface area contributed by atoms with Crippen LogP contribution in [-0.2, 0) is 11.2 Å². The van der Waals surface area contributed by atoms with Gasteiger partial charge in [0.15, 0.2) is 0 Å². The largest absolute Gasteiger partial charge is 0.345 e. The second-order valence-electron chi connectivity index (χ2n) is 9.29. The van der Waals surface area contributed by atoms with E-state index in [0.29, 0.717) is 11.8 Å². The molecule has 0 N–H and O–H groups in total.